The summed E-state index contributed by atoms with van der Waals surface area (Å²) in [4.78, 5) is 0. The van der Waals surface area contributed by atoms with E-state index in [2.05, 4.69) is 0 Å². The minimum atomic E-state index is 0.534. The molecule has 0 aliphatic heterocycles. The number of hydrogen-bond donors (Lipinski definition) is 4. The summed E-state index contributed by atoms with van der Waals surface area (Å²) in [5.74, 6) is 0. The molecule has 0 radical (unpaired) electrons. The van der Waals surface area contributed by atoms with Gasteiger partial charge in [-0.05, 0) is 24.6 Å². The average Bonchev–Trinajstić information content (AvgIpc) is 2.05. The van der Waals surface area contributed by atoms with Crippen LogP contribution in [-0.4, -0.2) is 10.4 Å². The van der Waals surface area contributed by atoms with Crippen molar-refractivity contribution in [2.45, 2.75) is 6.92 Å². The lowest BCUT2D eigenvalue weighted by atomic mass is 10.2. The van der Waals surface area contributed by atoms with Gasteiger partial charge in [0.25, 0.3) is 0 Å². The first-order valence-electron chi connectivity index (χ1n) is 3.19. The first-order chi connectivity index (χ1) is 5.27. The minimum absolute atomic E-state index is 0.534. The Kier molecular flexibility index (Phi) is 2.30. The van der Waals surface area contributed by atoms with Gasteiger partial charge < -0.3 is 0 Å². The summed E-state index contributed by atoms with van der Waals surface area (Å²) in [7, 11) is 0. The number of nitrogens with one attached hydrogen (secondary N) is 2. The van der Waals surface area contributed by atoms with Crippen LogP contribution in [0.1, 0.15) is 5.56 Å². The highest BCUT2D eigenvalue weighted by molar-refractivity contribution is 5.59. The minimum Gasteiger partial charge on any atom is -0.291 e. The van der Waals surface area contributed by atoms with E-state index in [0.717, 1.165) is 5.56 Å². The van der Waals surface area contributed by atoms with Gasteiger partial charge in [-0.25, -0.2) is 0 Å². The molecule has 0 unspecified atom stereocenters. The molecule has 11 heavy (non-hydrogen) atoms. The lowest BCUT2D eigenvalue weighted by molar-refractivity contribution is 0.385. The van der Waals surface area contributed by atoms with Gasteiger partial charge in [0.2, 0.25) is 0 Å². The van der Waals surface area contributed by atoms with Gasteiger partial charge in [0.1, 0.15) is 0 Å². The first-order valence-corrected chi connectivity index (χ1v) is 3.19. The molecule has 0 bridgehead atoms. The first kappa shape index (κ1) is 7.84. The molecule has 1 rings (SSSR count). The zero-order chi connectivity index (χ0) is 8.27. The molecule has 0 atom stereocenters. The number of hydrogen-bond acceptors (Lipinski definition) is 4. The van der Waals surface area contributed by atoms with E-state index in [1.54, 1.807) is 18.2 Å². The van der Waals surface area contributed by atoms with Crippen molar-refractivity contribution in [1.29, 1.82) is 0 Å². The quantitative estimate of drug-likeness (QED) is 0.488. The number of benzene rings is 1. The van der Waals surface area contributed by atoms with Crippen molar-refractivity contribution >= 4 is 11.4 Å². The van der Waals surface area contributed by atoms with Gasteiger partial charge in [-0.3, -0.25) is 21.4 Å². The summed E-state index contributed by atoms with van der Waals surface area (Å²) >= 11 is 0. The lowest BCUT2D eigenvalue weighted by Gasteiger charge is -2.05. The fraction of sp³-hybridized carbons (Fsp3) is 0.143. The molecule has 0 saturated carbocycles. The van der Waals surface area contributed by atoms with Gasteiger partial charge in [-0.1, -0.05) is 6.07 Å². The van der Waals surface area contributed by atoms with Crippen LogP contribution in [0.25, 0.3) is 0 Å². The molecule has 4 nitrogen and oxygen atoms in total. The van der Waals surface area contributed by atoms with E-state index >= 15 is 0 Å². The highest BCUT2D eigenvalue weighted by Crippen LogP contribution is 2.18. The molecule has 0 fully saturated rings. The van der Waals surface area contributed by atoms with Gasteiger partial charge in [-0.15, -0.1) is 0 Å². The Morgan fingerprint density at radius 3 is 2.45 bits per heavy atom. The van der Waals surface area contributed by atoms with E-state index in [9.17, 15) is 0 Å². The van der Waals surface area contributed by atoms with Gasteiger partial charge in [0, 0.05) is 0 Å². The van der Waals surface area contributed by atoms with Gasteiger partial charge in [-0.2, -0.15) is 0 Å². The van der Waals surface area contributed by atoms with Crippen LogP contribution in [0.5, 0.6) is 0 Å². The van der Waals surface area contributed by atoms with E-state index in [0.29, 0.717) is 11.4 Å². The molecule has 0 spiro atoms. The summed E-state index contributed by atoms with van der Waals surface area (Å²) < 4.78 is 0. The van der Waals surface area contributed by atoms with Crippen LogP contribution in [0.2, 0.25) is 0 Å². The second kappa shape index (κ2) is 3.23. The third kappa shape index (κ3) is 1.60. The zero-order valence-electron chi connectivity index (χ0n) is 6.13. The Morgan fingerprint density at radius 2 is 1.91 bits per heavy atom. The highest BCUT2D eigenvalue weighted by atomic mass is 16.5. The van der Waals surface area contributed by atoms with E-state index in [1.807, 2.05) is 17.9 Å². The van der Waals surface area contributed by atoms with Crippen LogP contribution in [0.15, 0.2) is 18.2 Å². The normalized spacial score (nSPS) is 9.36. The van der Waals surface area contributed by atoms with Crippen LogP contribution in [0.4, 0.5) is 11.4 Å². The van der Waals surface area contributed by atoms with E-state index in [-0.39, 0.29) is 0 Å². The van der Waals surface area contributed by atoms with Crippen LogP contribution in [0.3, 0.4) is 0 Å². The SMILES string of the molecule is Cc1ccc(NO)cc1NO. The Morgan fingerprint density at radius 1 is 1.18 bits per heavy atom. The third-order valence-corrected chi connectivity index (χ3v) is 1.49. The molecule has 0 aromatic heterocycles. The molecule has 4 heteroatoms. The molecule has 0 saturated heterocycles. The summed E-state index contributed by atoms with van der Waals surface area (Å²) in [6.45, 7) is 1.85. The Labute approximate surface area is 64.4 Å². The molecule has 0 heterocycles. The maximum absolute atomic E-state index is 8.58. The molecular formula is C7H10N2O2. The van der Waals surface area contributed by atoms with Crippen LogP contribution in [-0.2, 0) is 0 Å². The van der Waals surface area contributed by atoms with Crippen molar-refractivity contribution in [3.63, 3.8) is 0 Å². The van der Waals surface area contributed by atoms with Crippen molar-refractivity contribution in [2.24, 2.45) is 0 Å². The molecule has 0 amide bonds. The molecular weight excluding hydrogens is 144 g/mol. The van der Waals surface area contributed by atoms with Crippen LogP contribution >= 0.6 is 0 Å². The maximum atomic E-state index is 8.58. The zero-order valence-corrected chi connectivity index (χ0v) is 6.13. The highest BCUT2D eigenvalue weighted by Gasteiger charge is 1.96. The molecule has 1 aromatic carbocycles. The average molecular weight is 154 g/mol. The Hall–Kier alpha value is -1.26. The van der Waals surface area contributed by atoms with Crippen molar-refractivity contribution in [3.8, 4) is 0 Å². The Balaban J connectivity index is 3.02. The van der Waals surface area contributed by atoms with Gasteiger partial charge in [0.05, 0.1) is 11.4 Å². The molecule has 0 aliphatic rings. The topological polar surface area (TPSA) is 64.5 Å². The molecule has 4 N–H and O–H groups in total. The van der Waals surface area contributed by atoms with E-state index < -0.39 is 0 Å². The second-order valence-corrected chi connectivity index (χ2v) is 2.25. The van der Waals surface area contributed by atoms with Gasteiger partial charge >= 0.3 is 0 Å². The fourth-order valence-corrected chi connectivity index (χ4v) is 0.812. The van der Waals surface area contributed by atoms with Crippen LogP contribution in [0, 0.1) is 6.92 Å². The predicted molar refractivity (Wildman–Crippen MR) is 42.0 cm³/mol. The van der Waals surface area contributed by atoms with Crippen LogP contribution < -0.4 is 11.0 Å². The molecule has 0 aliphatic carbocycles. The summed E-state index contributed by atoms with van der Waals surface area (Å²) in [5.41, 5.74) is 6.01. The second-order valence-electron chi connectivity index (χ2n) is 2.25. The number of rotatable bonds is 2. The summed E-state index contributed by atoms with van der Waals surface area (Å²) in [6, 6.07) is 5.07. The largest absolute Gasteiger partial charge is 0.291 e. The van der Waals surface area contributed by atoms with Crippen molar-refractivity contribution < 1.29 is 10.4 Å². The summed E-state index contributed by atoms with van der Waals surface area (Å²) in [6.07, 6.45) is 0. The number of aryl methyl sites for hydroxylation is 1. The smallest absolute Gasteiger partial charge is 0.0652 e. The predicted octanol–water partition coefficient (Wildman–Crippen LogP) is 1.60. The maximum Gasteiger partial charge on any atom is 0.0652 e. The lowest BCUT2D eigenvalue weighted by Crippen LogP contribution is -1.95. The number of anilines is 2. The van der Waals surface area contributed by atoms with Crippen molar-refractivity contribution in [1.82, 2.24) is 0 Å². The standard InChI is InChI=1S/C7H10N2O2/c1-5-2-3-6(8-10)4-7(5)9-11/h2-4,8-11H,1H3. The molecule has 1 aromatic rings. The van der Waals surface area contributed by atoms with E-state index in [4.69, 9.17) is 10.4 Å². The van der Waals surface area contributed by atoms with Gasteiger partial charge in [0.15, 0.2) is 0 Å². The van der Waals surface area contributed by atoms with E-state index in [1.165, 1.54) is 0 Å². The van der Waals surface area contributed by atoms with Crippen molar-refractivity contribution in [2.75, 3.05) is 11.0 Å². The Bertz CT molecular complexity index is 250. The fourth-order valence-electron chi connectivity index (χ4n) is 0.812. The molecule has 60 valence electrons. The monoisotopic (exact) mass is 154 g/mol. The van der Waals surface area contributed by atoms with Crippen molar-refractivity contribution in [3.05, 3.63) is 23.8 Å². The third-order valence-electron chi connectivity index (χ3n) is 1.49. The summed E-state index contributed by atoms with van der Waals surface area (Å²) in [5, 5.41) is 17.1.